The Kier molecular flexibility index (Phi) is 7.65. The lowest BCUT2D eigenvalue weighted by Gasteiger charge is -2.36. The molecule has 2 N–H and O–H groups in total. The fraction of sp³-hybridized carbons (Fsp3) is 0.591. The van der Waals surface area contributed by atoms with E-state index in [2.05, 4.69) is 10.6 Å². The Morgan fingerprint density at radius 1 is 1.09 bits per heavy atom. The van der Waals surface area contributed by atoms with E-state index in [9.17, 15) is 24.0 Å². The number of fused-ring (bicyclic) bond motifs is 2. The molecule has 0 aliphatic heterocycles. The third kappa shape index (κ3) is 5.01. The highest BCUT2D eigenvalue weighted by Gasteiger charge is 2.42. The van der Waals surface area contributed by atoms with Crippen molar-refractivity contribution in [3.63, 3.8) is 0 Å². The van der Waals surface area contributed by atoms with E-state index in [1.165, 1.54) is 7.05 Å². The second-order valence-electron chi connectivity index (χ2n) is 8.11. The van der Waals surface area contributed by atoms with Crippen molar-refractivity contribution in [2.75, 3.05) is 25.6 Å². The predicted molar refractivity (Wildman–Crippen MR) is 117 cm³/mol. The molecule has 2 aliphatic rings. The Hall–Kier alpha value is -2.75. The number of nitrogens with one attached hydrogen (secondary N) is 2. The monoisotopic (exact) mass is 464 g/mol. The van der Waals surface area contributed by atoms with Gasteiger partial charge in [0.25, 0.3) is 11.8 Å². The van der Waals surface area contributed by atoms with Gasteiger partial charge in [0.1, 0.15) is 10.8 Å². The summed E-state index contributed by atoms with van der Waals surface area (Å²) in [5.74, 6) is -2.44. The molecule has 174 valence electrons. The fourth-order valence-electron chi connectivity index (χ4n) is 4.47. The number of amides is 2. The van der Waals surface area contributed by atoms with Gasteiger partial charge in [0.2, 0.25) is 0 Å². The molecule has 0 radical (unpaired) electrons. The standard InChI is InChI=1S/C22H28N2O7S/c1-4-30-22(29)16-11(2)18(19(27)23-3)32-20(16)24-15(25)10-31-21(28)14-8-12-6-5-7-13(9-14)17(12)26/h12-14H,4-10H2,1-3H3,(H,23,27)(H,24,25). The van der Waals surface area contributed by atoms with Crippen LogP contribution in [0.2, 0.25) is 0 Å². The van der Waals surface area contributed by atoms with Crippen molar-refractivity contribution in [1.29, 1.82) is 0 Å². The summed E-state index contributed by atoms with van der Waals surface area (Å²) >= 11 is 0.952. The van der Waals surface area contributed by atoms with Crippen molar-refractivity contribution in [2.45, 2.75) is 46.0 Å². The van der Waals surface area contributed by atoms with Crippen LogP contribution >= 0.6 is 11.3 Å². The summed E-state index contributed by atoms with van der Waals surface area (Å²) in [5.41, 5.74) is 0.507. The first-order chi connectivity index (χ1) is 15.3. The molecule has 0 aromatic carbocycles. The molecule has 32 heavy (non-hydrogen) atoms. The maximum Gasteiger partial charge on any atom is 0.341 e. The van der Waals surface area contributed by atoms with Crippen molar-refractivity contribution in [1.82, 2.24) is 5.32 Å². The molecule has 10 heteroatoms. The van der Waals surface area contributed by atoms with E-state index in [1.807, 2.05) is 0 Å². The smallest absolute Gasteiger partial charge is 0.341 e. The number of esters is 2. The minimum Gasteiger partial charge on any atom is -0.462 e. The summed E-state index contributed by atoms with van der Waals surface area (Å²) < 4.78 is 10.3. The van der Waals surface area contributed by atoms with Crippen LogP contribution in [0.1, 0.15) is 64.6 Å². The summed E-state index contributed by atoms with van der Waals surface area (Å²) in [6.07, 6.45) is 3.57. The van der Waals surface area contributed by atoms with Crippen molar-refractivity contribution >= 4 is 45.9 Å². The summed E-state index contributed by atoms with van der Waals surface area (Å²) in [6, 6.07) is 0. The average Bonchev–Trinajstić information content (AvgIpc) is 3.07. The minimum atomic E-state index is -0.651. The van der Waals surface area contributed by atoms with Gasteiger partial charge in [-0.25, -0.2) is 4.79 Å². The quantitative estimate of drug-likeness (QED) is 0.593. The summed E-state index contributed by atoms with van der Waals surface area (Å²) in [7, 11) is 1.47. The lowest BCUT2D eigenvalue weighted by molar-refractivity contribution is -0.155. The molecule has 9 nitrogen and oxygen atoms in total. The Balaban J connectivity index is 1.64. The largest absolute Gasteiger partial charge is 0.462 e. The van der Waals surface area contributed by atoms with E-state index < -0.39 is 24.5 Å². The van der Waals surface area contributed by atoms with Gasteiger partial charge in [-0.1, -0.05) is 6.42 Å². The minimum absolute atomic E-state index is 0.0850. The van der Waals surface area contributed by atoms with Crippen molar-refractivity contribution in [3.8, 4) is 0 Å². The number of hydrogen-bond donors (Lipinski definition) is 2. The number of ketones is 1. The maximum absolute atomic E-state index is 12.5. The van der Waals surface area contributed by atoms with Gasteiger partial charge in [0.15, 0.2) is 6.61 Å². The summed E-state index contributed by atoms with van der Waals surface area (Å²) in [4.78, 5) is 61.9. The number of Topliss-reactive ketones (excluding diaryl/α,β-unsaturated/α-hetero) is 1. The zero-order chi connectivity index (χ0) is 23.4. The molecule has 2 fully saturated rings. The van der Waals surface area contributed by atoms with Gasteiger partial charge in [0.05, 0.1) is 23.0 Å². The third-order valence-corrected chi connectivity index (χ3v) is 7.25. The molecule has 1 aromatic rings. The van der Waals surface area contributed by atoms with E-state index in [-0.39, 0.29) is 51.5 Å². The Morgan fingerprint density at radius 3 is 2.34 bits per heavy atom. The van der Waals surface area contributed by atoms with Gasteiger partial charge in [-0.05, 0) is 45.1 Å². The van der Waals surface area contributed by atoms with Crippen LogP contribution in [0, 0.1) is 24.7 Å². The van der Waals surface area contributed by atoms with Crippen LogP contribution < -0.4 is 10.6 Å². The highest BCUT2D eigenvalue weighted by atomic mass is 32.1. The molecule has 1 aromatic heterocycles. The molecular weight excluding hydrogens is 436 g/mol. The van der Waals surface area contributed by atoms with Crippen LogP contribution in [-0.4, -0.2) is 49.8 Å². The number of ether oxygens (including phenoxy) is 2. The van der Waals surface area contributed by atoms with Crippen molar-refractivity contribution in [2.24, 2.45) is 17.8 Å². The Bertz CT molecular complexity index is 923. The number of hydrogen-bond acceptors (Lipinski definition) is 8. The van der Waals surface area contributed by atoms with Crippen LogP contribution in [0.3, 0.4) is 0 Å². The molecule has 2 bridgehead atoms. The normalized spacial score (nSPS) is 22.1. The third-order valence-electron chi connectivity index (χ3n) is 6.04. The number of rotatable bonds is 7. The van der Waals surface area contributed by atoms with E-state index in [0.29, 0.717) is 18.4 Å². The molecule has 0 saturated heterocycles. The number of anilines is 1. The lowest BCUT2D eigenvalue weighted by Crippen LogP contribution is -2.40. The van der Waals surface area contributed by atoms with Crippen molar-refractivity contribution < 1.29 is 33.4 Å². The average molecular weight is 465 g/mol. The Labute approximate surface area is 190 Å². The number of carbonyl (C=O) groups excluding carboxylic acids is 5. The topological polar surface area (TPSA) is 128 Å². The van der Waals surface area contributed by atoms with E-state index in [4.69, 9.17) is 9.47 Å². The molecule has 2 unspecified atom stereocenters. The first-order valence-electron chi connectivity index (χ1n) is 10.8. The van der Waals surface area contributed by atoms with Gasteiger partial charge < -0.3 is 20.1 Å². The second-order valence-corrected chi connectivity index (χ2v) is 9.13. The van der Waals surface area contributed by atoms with Gasteiger partial charge >= 0.3 is 11.9 Å². The van der Waals surface area contributed by atoms with Gasteiger partial charge in [-0.3, -0.25) is 19.2 Å². The molecule has 1 heterocycles. The van der Waals surface area contributed by atoms with Crippen LogP contribution in [0.4, 0.5) is 5.00 Å². The van der Waals surface area contributed by atoms with Gasteiger partial charge in [-0.2, -0.15) is 0 Å². The summed E-state index contributed by atoms with van der Waals surface area (Å²) in [5, 5.41) is 5.22. The van der Waals surface area contributed by atoms with Crippen LogP contribution in [0.25, 0.3) is 0 Å². The molecule has 2 aliphatic carbocycles. The lowest BCUT2D eigenvalue weighted by atomic mass is 9.67. The maximum atomic E-state index is 12.5. The zero-order valence-corrected chi connectivity index (χ0v) is 19.3. The first kappa shape index (κ1) is 23.9. The van der Waals surface area contributed by atoms with Crippen molar-refractivity contribution in [3.05, 3.63) is 16.0 Å². The number of thiophene rings is 1. The van der Waals surface area contributed by atoms with Gasteiger partial charge in [-0.15, -0.1) is 11.3 Å². The van der Waals surface area contributed by atoms with Crippen LogP contribution in [0.5, 0.6) is 0 Å². The molecular formula is C22H28N2O7S. The van der Waals surface area contributed by atoms with E-state index in [0.717, 1.165) is 30.6 Å². The first-order valence-corrected chi connectivity index (χ1v) is 11.6. The van der Waals surface area contributed by atoms with Crippen LogP contribution in [-0.2, 0) is 23.9 Å². The highest BCUT2D eigenvalue weighted by Crippen LogP contribution is 2.40. The van der Waals surface area contributed by atoms with E-state index >= 15 is 0 Å². The summed E-state index contributed by atoms with van der Waals surface area (Å²) in [6.45, 7) is 2.88. The molecule has 2 atom stereocenters. The Morgan fingerprint density at radius 2 is 1.75 bits per heavy atom. The zero-order valence-electron chi connectivity index (χ0n) is 18.4. The molecule has 2 amide bonds. The molecule has 3 rings (SSSR count). The van der Waals surface area contributed by atoms with E-state index in [1.54, 1.807) is 13.8 Å². The second kappa shape index (κ2) is 10.2. The number of carbonyl (C=O) groups is 5. The molecule has 2 saturated carbocycles. The fourth-order valence-corrected chi connectivity index (χ4v) is 5.63. The SMILES string of the molecule is CCOC(=O)c1c(NC(=O)COC(=O)C2CC3CCCC(C2)C3=O)sc(C(=O)NC)c1C. The highest BCUT2D eigenvalue weighted by molar-refractivity contribution is 7.18. The predicted octanol–water partition coefficient (Wildman–Crippen LogP) is 2.47. The molecule has 0 spiro atoms. The van der Waals surface area contributed by atoms with Crippen LogP contribution in [0.15, 0.2) is 0 Å². The van der Waals surface area contributed by atoms with Gasteiger partial charge in [0, 0.05) is 18.9 Å².